The van der Waals surface area contributed by atoms with Crippen molar-refractivity contribution in [3.8, 4) is 11.8 Å². The molecule has 1 N–H and O–H groups in total. The third kappa shape index (κ3) is 2.74. The van der Waals surface area contributed by atoms with Crippen LogP contribution < -0.4 is 4.74 Å². The first-order chi connectivity index (χ1) is 8.20. The van der Waals surface area contributed by atoms with E-state index in [1.54, 1.807) is 6.07 Å². The molecule has 0 aliphatic rings. The molecule has 0 saturated heterocycles. The van der Waals surface area contributed by atoms with E-state index in [4.69, 9.17) is 16.3 Å². The Morgan fingerprint density at radius 3 is 2.88 bits per heavy atom. The summed E-state index contributed by atoms with van der Waals surface area (Å²) >= 11 is 6.02. The van der Waals surface area contributed by atoms with Gasteiger partial charge in [-0.25, -0.2) is 9.97 Å². The summed E-state index contributed by atoms with van der Waals surface area (Å²) in [6.07, 6.45) is 3.11. The first-order valence-corrected chi connectivity index (χ1v) is 5.77. The van der Waals surface area contributed by atoms with Crippen LogP contribution in [-0.2, 0) is 6.42 Å². The summed E-state index contributed by atoms with van der Waals surface area (Å²) in [6.45, 7) is 3.96. The van der Waals surface area contributed by atoms with Crippen LogP contribution in [0.5, 0.6) is 11.8 Å². The Bertz CT molecular complexity index is 512. The van der Waals surface area contributed by atoms with Crippen molar-refractivity contribution in [3.05, 3.63) is 28.8 Å². The van der Waals surface area contributed by atoms with Crippen LogP contribution in [0.4, 0.5) is 0 Å². The smallest absolute Gasteiger partial charge is 0.240 e. The van der Waals surface area contributed by atoms with E-state index in [2.05, 4.69) is 27.1 Å². The molecule has 0 fully saturated rings. The number of rotatable bonds is 4. The monoisotopic (exact) mass is 252 g/mol. The molecule has 0 radical (unpaired) electrons. The molecule has 0 aliphatic carbocycles. The van der Waals surface area contributed by atoms with Gasteiger partial charge in [0.1, 0.15) is 11.5 Å². The van der Waals surface area contributed by atoms with Crippen molar-refractivity contribution in [1.82, 2.24) is 20.2 Å². The van der Waals surface area contributed by atoms with E-state index in [0.29, 0.717) is 16.9 Å². The van der Waals surface area contributed by atoms with Crippen molar-refractivity contribution >= 4 is 11.6 Å². The van der Waals surface area contributed by atoms with Crippen LogP contribution >= 0.6 is 11.6 Å². The predicted octanol–water partition coefficient (Wildman–Crippen LogP) is 2.91. The van der Waals surface area contributed by atoms with E-state index in [1.807, 2.05) is 6.92 Å². The molecule has 5 nitrogen and oxygen atoms in total. The molecule has 2 heterocycles. The van der Waals surface area contributed by atoms with E-state index < -0.39 is 0 Å². The number of nitrogens with zero attached hydrogens (tertiary/aromatic N) is 3. The third-order valence-electron chi connectivity index (χ3n) is 2.24. The maximum Gasteiger partial charge on any atom is 0.240 e. The fourth-order valence-electron chi connectivity index (χ4n) is 1.47. The van der Waals surface area contributed by atoms with Crippen LogP contribution in [0.15, 0.2) is 12.4 Å². The normalized spacial score (nSPS) is 10.5. The van der Waals surface area contributed by atoms with Gasteiger partial charge < -0.3 is 4.74 Å². The van der Waals surface area contributed by atoms with Crippen LogP contribution in [0.25, 0.3) is 0 Å². The lowest BCUT2D eigenvalue weighted by Crippen LogP contribution is -1.97. The third-order valence-corrected chi connectivity index (χ3v) is 2.56. The Hall–Kier alpha value is -1.62. The zero-order chi connectivity index (χ0) is 12.3. The predicted molar refractivity (Wildman–Crippen MR) is 64.4 cm³/mol. The Balaban J connectivity index is 2.28. The lowest BCUT2D eigenvalue weighted by Gasteiger charge is -2.07. The number of nitrogens with one attached hydrogen (secondary N) is 1. The van der Waals surface area contributed by atoms with Gasteiger partial charge in [0.25, 0.3) is 0 Å². The fourth-order valence-corrected chi connectivity index (χ4v) is 1.69. The molecule has 6 heteroatoms. The largest absolute Gasteiger partial charge is 0.419 e. The second kappa shape index (κ2) is 5.14. The minimum atomic E-state index is 0.434. The first kappa shape index (κ1) is 11.9. The minimum Gasteiger partial charge on any atom is -0.419 e. The van der Waals surface area contributed by atoms with Crippen LogP contribution in [0.1, 0.15) is 24.6 Å². The van der Waals surface area contributed by atoms with E-state index in [-0.39, 0.29) is 0 Å². The highest BCUT2D eigenvalue weighted by atomic mass is 35.5. The number of H-pyrrole nitrogens is 1. The van der Waals surface area contributed by atoms with Gasteiger partial charge in [0.15, 0.2) is 0 Å². The molecule has 0 aromatic carbocycles. The number of aryl methyl sites for hydroxylation is 1. The summed E-state index contributed by atoms with van der Waals surface area (Å²) in [7, 11) is 0. The number of hydrogen-bond acceptors (Lipinski definition) is 4. The van der Waals surface area contributed by atoms with Gasteiger partial charge >= 0.3 is 0 Å². The number of aromatic nitrogens is 4. The van der Waals surface area contributed by atoms with Gasteiger partial charge in [-0.3, -0.25) is 5.10 Å². The molecule has 17 heavy (non-hydrogen) atoms. The number of ether oxygens (including phenoxy) is 1. The molecule has 2 rings (SSSR count). The van der Waals surface area contributed by atoms with E-state index in [9.17, 15) is 0 Å². The van der Waals surface area contributed by atoms with Gasteiger partial charge in [0, 0.05) is 11.8 Å². The topological polar surface area (TPSA) is 63.7 Å². The highest BCUT2D eigenvalue weighted by molar-refractivity contribution is 6.30. The van der Waals surface area contributed by atoms with Gasteiger partial charge in [-0.2, -0.15) is 0 Å². The van der Waals surface area contributed by atoms with Gasteiger partial charge in [-0.05, 0) is 13.3 Å². The van der Waals surface area contributed by atoms with Crippen molar-refractivity contribution < 1.29 is 4.74 Å². The lowest BCUT2D eigenvalue weighted by atomic mass is 10.2. The van der Waals surface area contributed by atoms with Crippen LogP contribution in [0.2, 0.25) is 5.15 Å². The standard InChI is InChI=1S/C11H13ClN4O/c1-3-4-8-10(12)13-6-14-11(8)17-9-5-7(2)15-16-9/h5-6H,3-4H2,1-2H3,(H,15,16). The average molecular weight is 253 g/mol. The van der Waals surface area contributed by atoms with Crippen molar-refractivity contribution in [2.24, 2.45) is 0 Å². The van der Waals surface area contributed by atoms with Crippen molar-refractivity contribution in [2.45, 2.75) is 26.7 Å². The van der Waals surface area contributed by atoms with E-state index in [0.717, 1.165) is 24.1 Å². The Labute approximate surface area is 104 Å². The Kier molecular flexibility index (Phi) is 3.58. The van der Waals surface area contributed by atoms with E-state index in [1.165, 1.54) is 6.33 Å². The van der Waals surface area contributed by atoms with Gasteiger partial charge in [0.05, 0.1) is 5.56 Å². The van der Waals surface area contributed by atoms with Crippen molar-refractivity contribution in [2.75, 3.05) is 0 Å². The van der Waals surface area contributed by atoms with Gasteiger partial charge in [-0.1, -0.05) is 24.9 Å². The molecule has 0 amide bonds. The molecule has 2 aromatic heterocycles. The summed E-state index contributed by atoms with van der Waals surface area (Å²) in [5, 5.41) is 7.23. The first-order valence-electron chi connectivity index (χ1n) is 5.40. The molecule has 2 aromatic rings. The molecular weight excluding hydrogens is 240 g/mol. The highest BCUT2D eigenvalue weighted by Gasteiger charge is 2.12. The minimum absolute atomic E-state index is 0.434. The molecule has 90 valence electrons. The second-order valence-electron chi connectivity index (χ2n) is 3.69. The molecular formula is C11H13ClN4O. The Morgan fingerprint density at radius 2 is 2.24 bits per heavy atom. The second-order valence-corrected chi connectivity index (χ2v) is 4.05. The van der Waals surface area contributed by atoms with Crippen LogP contribution in [-0.4, -0.2) is 20.2 Å². The SMILES string of the molecule is CCCc1c(Cl)ncnc1Oc1cc(C)[nH]n1. The molecule has 0 bridgehead atoms. The van der Waals surface area contributed by atoms with Gasteiger partial charge in [0.2, 0.25) is 11.8 Å². The lowest BCUT2D eigenvalue weighted by molar-refractivity contribution is 0.435. The summed E-state index contributed by atoms with van der Waals surface area (Å²) in [4.78, 5) is 8.04. The highest BCUT2D eigenvalue weighted by Crippen LogP contribution is 2.27. The van der Waals surface area contributed by atoms with E-state index >= 15 is 0 Å². The number of halogens is 1. The summed E-state index contributed by atoms with van der Waals surface area (Å²) in [6, 6.07) is 1.80. The zero-order valence-electron chi connectivity index (χ0n) is 9.70. The maximum atomic E-state index is 6.02. The van der Waals surface area contributed by atoms with Crippen LogP contribution in [0, 0.1) is 6.92 Å². The molecule has 0 spiro atoms. The number of aromatic amines is 1. The van der Waals surface area contributed by atoms with Crippen LogP contribution in [0.3, 0.4) is 0 Å². The average Bonchev–Trinajstić information content (AvgIpc) is 2.69. The zero-order valence-corrected chi connectivity index (χ0v) is 10.5. The molecule has 0 saturated carbocycles. The molecule has 0 aliphatic heterocycles. The Morgan fingerprint density at radius 1 is 1.41 bits per heavy atom. The molecule has 0 unspecified atom stereocenters. The van der Waals surface area contributed by atoms with Crippen molar-refractivity contribution in [1.29, 1.82) is 0 Å². The maximum absolute atomic E-state index is 6.02. The quantitative estimate of drug-likeness (QED) is 0.850. The summed E-state index contributed by atoms with van der Waals surface area (Å²) in [5.74, 6) is 0.952. The van der Waals surface area contributed by atoms with Gasteiger partial charge in [-0.15, -0.1) is 5.10 Å². The van der Waals surface area contributed by atoms with Crippen molar-refractivity contribution in [3.63, 3.8) is 0 Å². The number of hydrogen-bond donors (Lipinski definition) is 1. The molecule has 0 atom stereocenters. The summed E-state index contributed by atoms with van der Waals surface area (Å²) < 4.78 is 5.59. The fraction of sp³-hybridized carbons (Fsp3) is 0.364. The summed E-state index contributed by atoms with van der Waals surface area (Å²) in [5.41, 5.74) is 1.74.